The van der Waals surface area contributed by atoms with Gasteiger partial charge in [-0.15, -0.1) is 0 Å². The van der Waals surface area contributed by atoms with Crippen LogP contribution in [-0.4, -0.2) is 49.2 Å². The van der Waals surface area contributed by atoms with Crippen molar-refractivity contribution >= 4 is 5.91 Å². The first-order valence-electron chi connectivity index (χ1n) is 9.14. The van der Waals surface area contributed by atoms with Crippen molar-refractivity contribution in [2.45, 2.75) is 44.8 Å². The average molecular weight is 331 g/mol. The lowest BCUT2D eigenvalue weighted by molar-refractivity contribution is -0.127. The van der Waals surface area contributed by atoms with E-state index in [0.29, 0.717) is 6.54 Å². The number of morpholine rings is 1. The third kappa shape index (κ3) is 3.97. The smallest absolute Gasteiger partial charge is 0.240 e. The van der Waals surface area contributed by atoms with Crippen LogP contribution in [-0.2, 0) is 22.6 Å². The number of benzene rings is 1. The zero-order chi connectivity index (χ0) is 16.8. The first-order chi connectivity index (χ1) is 11.7. The quantitative estimate of drug-likeness (QED) is 0.833. The Kier molecular flexibility index (Phi) is 5.87. The molecule has 2 fully saturated rings. The van der Waals surface area contributed by atoms with Crippen LogP contribution in [0.5, 0.6) is 0 Å². The predicted octanol–water partition coefficient (Wildman–Crippen LogP) is 1.67. The van der Waals surface area contributed by atoms with Crippen molar-refractivity contribution in [2.24, 2.45) is 0 Å². The Labute approximate surface area is 144 Å². The zero-order valence-corrected chi connectivity index (χ0v) is 14.6. The minimum Gasteiger partial charge on any atom is -0.379 e. The first kappa shape index (κ1) is 17.4. The lowest BCUT2D eigenvalue weighted by Gasteiger charge is -2.28. The second-order valence-electron chi connectivity index (χ2n) is 6.81. The molecule has 2 heterocycles. The van der Waals surface area contributed by atoms with E-state index >= 15 is 0 Å². The molecule has 0 aliphatic carbocycles. The molecule has 0 spiro atoms. The summed E-state index contributed by atoms with van der Waals surface area (Å²) in [6.45, 7) is 8.12. The van der Waals surface area contributed by atoms with Crippen molar-refractivity contribution < 1.29 is 9.53 Å². The van der Waals surface area contributed by atoms with Gasteiger partial charge < -0.3 is 15.4 Å². The molecule has 2 aliphatic rings. The van der Waals surface area contributed by atoms with E-state index < -0.39 is 0 Å². The number of amides is 1. The second kappa shape index (κ2) is 8.10. The maximum atomic E-state index is 12.7. The summed E-state index contributed by atoms with van der Waals surface area (Å²) in [6.07, 6.45) is 2.86. The maximum absolute atomic E-state index is 12.7. The number of nitrogens with zero attached hydrogens (tertiary/aromatic N) is 1. The van der Waals surface area contributed by atoms with E-state index in [1.165, 1.54) is 11.1 Å². The van der Waals surface area contributed by atoms with Crippen molar-refractivity contribution in [1.82, 2.24) is 15.5 Å². The molecule has 3 rings (SSSR count). The summed E-state index contributed by atoms with van der Waals surface area (Å²) in [5.41, 5.74) is 2.14. The summed E-state index contributed by atoms with van der Waals surface area (Å²) in [4.78, 5) is 15.1. The molecule has 1 atom stereocenters. The molecule has 2 N–H and O–H groups in total. The van der Waals surface area contributed by atoms with Gasteiger partial charge in [-0.05, 0) is 36.9 Å². The largest absolute Gasteiger partial charge is 0.379 e. The minimum atomic E-state index is -0.362. The molecule has 0 aromatic heterocycles. The summed E-state index contributed by atoms with van der Waals surface area (Å²) < 4.78 is 5.42. The highest BCUT2D eigenvalue weighted by Crippen LogP contribution is 2.23. The molecular weight excluding hydrogens is 302 g/mol. The maximum Gasteiger partial charge on any atom is 0.240 e. The van der Waals surface area contributed by atoms with E-state index in [9.17, 15) is 4.79 Å². The topological polar surface area (TPSA) is 53.6 Å². The molecule has 0 saturated carbocycles. The Morgan fingerprint density at radius 3 is 2.71 bits per heavy atom. The highest BCUT2D eigenvalue weighted by atomic mass is 16.5. The Balaban J connectivity index is 1.61. The molecule has 5 heteroatoms. The number of rotatable bonds is 6. The molecule has 2 saturated heterocycles. The second-order valence-corrected chi connectivity index (χ2v) is 6.81. The minimum absolute atomic E-state index is 0.142. The van der Waals surface area contributed by atoms with Gasteiger partial charge in [-0.2, -0.15) is 0 Å². The predicted molar refractivity (Wildman–Crippen MR) is 94.6 cm³/mol. The van der Waals surface area contributed by atoms with Gasteiger partial charge in [0.05, 0.1) is 18.8 Å². The van der Waals surface area contributed by atoms with Crippen molar-refractivity contribution in [3.8, 4) is 0 Å². The molecule has 2 aliphatic heterocycles. The van der Waals surface area contributed by atoms with Crippen molar-refractivity contribution in [1.29, 1.82) is 0 Å². The zero-order valence-electron chi connectivity index (χ0n) is 14.6. The fraction of sp³-hybridized carbons (Fsp3) is 0.632. The monoisotopic (exact) mass is 331 g/mol. The molecule has 5 nitrogen and oxygen atoms in total. The van der Waals surface area contributed by atoms with E-state index in [-0.39, 0.29) is 11.4 Å². The summed E-state index contributed by atoms with van der Waals surface area (Å²) in [5, 5.41) is 6.57. The molecule has 0 bridgehead atoms. The number of carbonyl (C=O) groups is 1. The van der Waals surface area contributed by atoms with Crippen LogP contribution in [0, 0.1) is 0 Å². The molecule has 1 unspecified atom stereocenters. The normalized spacial score (nSPS) is 24.9. The van der Waals surface area contributed by atoms with E-state index in [2.05, 4.69) is 40.7 Å². The Bertz CT molecular complexity index is 549. The first-order valence-corrected chi connectivity index (χ1v) is 9.14. The molecular formula is C19H29N3O2. The third-order valence-corrected chi connectivity index (χ3v) is 5.34. The van der Waals surface area contributed by atoms with Crippen molar-refractivity contribution in [3.63, 3.8) is 0 Å². The Hall–Kier alpha value is -1.43. The average Bonchev–Trinajstić information content (AvgIpc) is 3.12. The highest BCUT2D eigenvalue weighted by molar-refractivity contribution is 5.86. The summed E-state index contributed by atoms with van der Waals surface area (Å²) >= 11 is 0. The summed E-state index contributed by atoms with van der Waals surface area (Å²) in [6, 6.07) is 8.41. The van der Waals surface area contributed by atoms with Crippen LogP contribution in [0.1, 0.15) is 37.3 Å². The van der Waals surface area contributed by atoms with Gasteiger partial charge in [0.2, 0.25) is 5.91 Å². The number of hydrogen-bond donors (Lipinski definition) is 2. The van der Waals surface area contributed by atoms with E-state index in [4.69, 9.17) is 4.74 Å². The molecule has 1 aromatic rings. The number of ether oxygens (including phenoxy) is 1. The highest BCUT2D eigenvalue weighted by Gasteiger charge is 2.38. The molecule has 1 aromatic carbocycles. The van der Waals surface area contributed by atoms with Gasteiger partial charge in [0.1, 0.15) is 0 Å². The Morgan fingerprint density at radius 1 is 1.29 bits per heavy atom. The van der Waals surface area contributed by atoms with Crippen molar-refractivity contribution in [2.75, 3.05) is 32.8 Å². The fourth-order valence-corrected chi connectivity index (χ4v) is 3.69. The fourth-order valence-electron chi connectivity index (χ4n) is 3.69. The molecule has 24 heavy (non-hydrogen) atoms. The molecule has 0 radical (unpaired) electrons. The van der Waals surface area contributed by atoms with Crippen LogP contribution in [0.15, 0.2) is 24.3 Å². The van der Waals surface area contributed by atoms with Gasteiger partial charge >= 0.3 is 0 Å². The Morgan fingerprint density at radius 2 is 2.04 bits per heavy atom. The van der Waals surface area contributed by atoms with Gasteiger partial charge in [-0.25, -0.2) is 0 Å². The van der Waals surface area contributed by atoms with Crippen LogP contribution < -0.4 is 10.6 Å². The number of nitrogens with one attached hydrogen (secondary N) is 2. The SMILES string of the molecule is CCC1(C(=O)NCc2ccccc2CN2CCOCC2)CCCN1. The van der Waals surface area contributed by atoms with Crippen LogP contribution in [0.2, 0.25) is 0 Å². The lowest BCUT2D eigenvalue weighted by Crippen LogP contribution is -2.52. The summed E-state index contributed by atoms with van der Waals surface area (Å²) in [5.74, 6) is 0.142. The third-order valence-electron chi connectivity index (χ3n) is 5.34. The van der Waals surface area contributed by atoms with E-state index in [0.717, 1.165) is 58.7 Å². The number of hydrogen-bond acceptors (Lipinski definition) is 4. The van der Waals surface area contributed by atoms with E-state index in [1.807, 2.05) is 6.07 Å². The van der Waals surface area contributed by atoms with Crippen LogP contribution in [0.4, 0.5) is 0 Å². The van der Waals surface area contributed by atoms with Gasteiger partial charge in [0.15, 0.2) is 0 Å². The van der Waals surface area contributed by atoms with Crippen molar-refractivity contribution in [3.05, 3.63) is 35.4 Å². The van der Waals surface area contributed by atoms with E-state index in [1.54, 1.807) is 0 Å². The van der Waals surface area contributed by atoms with Gasteiger partial charge in [-0.1, -0.05) is 31.2 Å². The molecule has 132 valence electrons. The number of carbonyl (C=O) groups excluding carboxylic acids is 1. The summed E-state index contributed by atoms with van der Waals surface area (Å²) in [7, 11) is 0. The van der Waals surface area contributed by atoms with Crippen LogP contribution in [0.25, 0.3) is 0 Å². The van der Waals surface area contributed by atoms with Gasteiger partial charge in [0, 0.05) is 26.2 Å². The van der Waals surface area contributed by atoms with Gasteiger partial charge in [-0.3, -0.25) is 9.69 Å². The lowest BCUT2D eigenvalue weighted by atomic mass is 9.93. The molecule has 1 amide bonds. The van der Waals surface area contributed by atoms with Crippen LogP contribution in [0.3, 0.4) is 0 Å². The van der Waals surface area contributed by atoms with Gasteiger partial charge in [0.25, 0.3) is 0 Å². The standard InChI is InChI=1S/C19H29N3O2/c1-2-19(8-5-9-21-19)18(23)20-14-16-6-3-4-7-17(16)15-22-10-12-24-13-11-22/h3-4,6-7,21H,2,5,8-15H2,1H3,(H,20,23). The van der Waals surface area contributed by atoms with Crippen LogP contribution >= 0.6 is 0 Å².